The smallest absolute Gasteiger partial charge is 0.315 e. The minimum absolute atomic E-state index is 0.154. The third-order valence-corrected chi connectivity index (χ3v) is 4.41. The van der Waals surface area contributed by atoms with Gasteiger partial charge in [-0.2, -0.15) is 13.2 Å². The zero-order chi connectivity index (χ0) is 15.8. The molecular weight excluding hydrogens is 279 g/mol. The van der Waals surface area contributed by atoms with E-state index in [0.29, 0.717) is 0 Å². The average Bonchev–Trinajstić information content (AvgIpc) is 2.83. The molecule has 1 aliphatic heterocycles. The Labute approximate surface area is 122 Å². The fraction of sp³-hybridized carbons (Fsp3) is 0.562. The van der Waals surface area contributed by atoms with Crippen molar-refractivity contribution in [3.05, 3.63) is 34.4 Å². The van der Waals surface area contributed by atoms with Gasteiger partial charge in [0.2, 0.25) is 0 Å². The molecule has 0 spiro atoms. The maximum absolute atomic E-state index is 13.4. The Kier molecular flexibility index (Phi) is 4.15. The highest BCUT2D eigenvalue weighted by molar-refractivity contribution is 5.88. The van der Waals surface area contributed by atoms with Crippen LogP contribution < -0.4 is 5.32 Å². The Balaban J connectivity index is 2.33. The Bertz CT molecular complexity index is 534. The van der Waals surface area contributed by atoms with Crippen molar-refractivity contribution in [1.82, 2.24) is 5.32 Å². The molecule has 1 N–H and O–H groups in total. The van der Waals surface area contributed by atoms with E-state index >= 15 is 0 Å². The fourth-order valence-corrected chi connectivity index (χ4v) is 3.15. The Morgan fingerprint density at radius 1 is 1.24 bits per heavy atom. The molecule has 116 valence electrons. The number of benzene rings is 1. The monoisotopic (exact) mass is 299 g/mol. The van der Waals surface area contributed by atoms with Gasteiger partial charge in [0, 0.05) is 13.0 Å². The maximum Gasteiger partial charge on any atom is 0.402 e. The highest BCUT2D eigenvalue weighted by Gasteiger charge is 2.60. The van der Waals surface area contributed by atoms with Crippen molar-refractivity contribution in [3.63, 3.8) is 0 Å². The van der Waals surface area contributed by atoms with E-state index in [0.717, 1.165) is 22.3 Å². The number of ketones is 1. The van der Waals surface area contributed by atoms with Crippen molar-refractivity contribution >= 4 is 5.78 Å². The molecule has 0 radical (unpaired) electrons. The van der Waals surface area contributed by atoms with Gasteiger partial charge < -0.3 is 5.32 Å². The number of carbonyl (C=O) groups is 1. The first-order valence-corrected chi connectivity index (χ1v) is 7.05. The number of halogens is 3. The topological polar surface area (TPSA) is 29.1 Å². The van der Waals surface area contributed by atoms with Crippen LogP contribution in [-0.4, -0.2) is 25.0 Å². The molecule has 0 bridgehead atoms. The molecule has 1 heterocycles. The van der Waals surface area contributed by atoms with Gasteiger partial charge >= 0.3 is 6.18 Å². The Morgan fingerprint density at radius 3 is 2.24 bits per heavy atom. The third kappa shape index (κ3) is 2.84. The van der Waals surface area contributed by atoms with Crippen LogP contribution in [0.1, 0.15) is 28.7 Å². The number of aryl methyl sites for hydroxylation is 3. The number of nitrogens with one attached hydrogen (secondary N) is 1. The largest absolute Gasteiger partial charge is 0.402 e. The second-order valence-corrected chi connectivity index (χ2v) is 5.98. The van der Waals surface area contributed by atoms with Crippen LogP contribution in [0.5, 0.6) is 0 Å². The summed E-state index contributed by atoms with van der Waals surface area (Å²) in [7, 11) is 0. The van der Waals surface area contributed by atoms with E-state index in [2.05, 4.69) is 5.32 Å². The standard InChI is InChI=1S/C16H20F3NO/c1-10-6-11(2)13(12(3)7-10)8-14(21)15(16(17,18)19)4-5-20-9-15/h6-7,20H,4-5,8-9H2,1-3H3. The Morgan fingerprint density at radius 2 is 1.81 bits per heavy atom. The van der Waals surface area contributed by atoms with E-state index < -0.39 is 17.4 Å². The summed E-state index contributed by atoms with van der Waals surface area (Å²) >= 11 is 0. The lowest BCUT2D eigenvalue weighted by atomic mass is 9.78. The lowest BCUT2D eigenvalue weighted by molar-refractivity contribution is -0.214. The van der Waals surface area contributed by atoms with Gasteiger partial charge in [0.1, 0.15) is 5.41 Å². The summed E-state index contributed by atoms with van der Waals surface area (Å²) in [5.41, 5.74) is 1.31. The molecule has 1 aromatic rings. The van der Waals surface area contributed by atoms with Crippen molar-refractivity contribution in [2.24, 2.45) is 5.41 Å². The molecule has 0 amide bonds. The quantitative estimate of drug-likeness (QED) is 0.928. The Hall–Kier alpha value is -1.36. The van der Waals surface area contributed by atoms with Gasteiger partial charge in [0.05, 0.1) is 0 Å². The number of Topliss-reactive ketones (excluding diaryl/α,β-unsaturated/α-hetero) is 1. The zero-order valence-corrected chi connectivity index (χ0v) is 12.5. The third-order valence-electron chi connectivity index (χ3n) is 4.41. The van der Waals surface area contributed by atoms with Crippen LogP contribution in [-0.2, 0) is 11.2 Å². The van der Waals surface area contributed by atoms with Crippen LogP contribution in [0, 0.1) is 26.2 Å². The summed E-state index contributed by atoms with van der Waals surface area (Å²) in [5, 5.41) is 2.68. The summed E-state index contributed by atoms with van der Waals surface area (Å²) in [6.07, 6.45) is -4.82. The maximum atomic E-state index is 13.4. The summed E-state index contributed by atoms with van der Waals surface area (Å²) in [6, 6.07) is 3.81. The van der Waals surface area contributed by atoms with Gasteiger partial charge in [0.15, 0.2) is 5.78 Å². The highest BCUT2D eigenvalue weighted by atomic mass is 19.4. The van der Waals surface area contributed by atoms with E-state index in [1.165, 1.54) is 0 Å². The van der Waals surface area contributed by atoms with Gasteiger partial charge in [0.25, 0.3) is 0 Å². The van der Waals surface area contributed by atoms with E-state index in [4.69, 9.17) is 0 Å². The first-order valence-electron chi connectivity index (χ1n) is 7.05. The molecule has 2 nitrogen and oxygen atoms in total. The van der Waals surface area contributed by atoms with Crippen molar-refractivity contribution < 1.29 is 18.0 Å². The molecule has 2 rings (SSSR count). The number of carbonyl (C=O) groups excluding carboxylic acids is 1. The molecule has 1 aromatic carbocycles. The number of rotatable bonds is 3. The molecular formula is C16H20F3NO. The highest BCUT2D eigenvalue weighted by Crippen LogP contribution is 2.44. The van der Waals surface area contributed by atoms with Gasteiger partial charge in [-0.25, -0.2) is 0 Å². The summed E-state index contributed by atoms with van der Waals surface area (Å²) in [6.45, 7) is 5.55. The molecule has 1 aliphatic rings. The molecule has 21 heavy (non-hydrogen) atoms. The fourth-order valence-electron chi connectivity index (χ4n) is 3.15. The van der Waals surface area contributed by atoms with E-state index in [9.17, 15) is 18.0 Å². The van der Waals surface area contributed by atoms with Gasteiger partial charge in [-0.05, 0) is 50.4 Å². The molecule has 0 aromatic heterocycles. The molecule has 1 unspecified atom stereocenters. The minimum atomic E-state index is -4.50. The van der Waals surface area contributed by atoms with Crippen LogP contribution in [0.2, 0.25) is 0 Å². The molecule has 0 saturated carbocycles. The van der Waals surface area contributed by atoms with E-state index in [-0.39, 0.29) is 25.9 Å². The van der Waals surface area contributed by atoms with Crippen LogP contribution >= 0.6 is 0 Å². The predicted octanol–water partition coefficient (Wildman–Crippen LogP) is 3.27. The van der Waals surface area contributed by atoms with Gasteiger partial charge in [-0.3, -0.25) is 4.79 Å². The van der Waals surface area contributed by atoms with Gasteiger partial charge in [-0.15, -0.1) is 0 Å². The van der Waals surface area contributed by atoms with Crippen LogP contribution in [0.25, 0.3) is 0 Å². The predicted molar refractivity (Wildman–Crippen MR) is 75.3 cm³/mol. The normalized spacial score (nSPS) is 22.6. The summed E-state index contributed by atoms with van der Waals surface area (Å²) < 4.78 is 40.1. The van der Waals surface area contributed by atoms with Crippen molar-refractivity contribution in [3.8, 4) is 0 Å². The summed E-state index contributed by atoms with van der Waals surface area (Å²) in [4.78, 5) is 12.4. The SMILES string of the molecule is Cc1cc(C)c(CC(=O)C2(C(F)(F)F)CCNC2)c(C)c1. The minimum Gasteiger partial charge on any atom is -0.315 e. The molecule has 1 fully saturated rings. The summed E-state index contributed by atoms with van der Waals surface area (Å²) in [5.74, 6) is -0.727. The van der Waals surface area contributed by atoms with Crippen molar-refractivity contribution in [1.29, 1.82) is 0 Å². The van der Waals surface area contributed by atoms with E-state index in [1.807, 2.05) is 32.9 Å². The van der Waals surface area contributed by atoms with Crippen LogP contribution in [0.3, 0.4) is 0 Å². The lowest BCUT2D eigenvalue weighted by Crippen LogP contribution is -2.47. The van der Waals surface area contributed by atoms with Crippen LogP contribution in [0.15, 0.2) is 12.1 Å². The number of hydrogen-bond donors (Lipinski definition) is 1. The van der Waals surface area contributed by atoms with Crippen molar-refractivity contribution in [2.45, 2.75) is 39.8 Å². The molecule has 5 heteroatoms. The van der Waals surface area contributed by atoms with Gasteiger partial charge in [-0.1, -0.05) is 17.7 Å². The molecule has 0 aliphatic carbocycles. The first kappa shape index (κ1) is 16.0. The first-order chi connectivity index (χ1) is 9.67. The second-order valence-electron chi connectivity index (χ2n) is 5.98. The number of alkyl halides is 3. The molecule has 1 atom stereocenters. The second kappa shape index (κ2) is 5.44. The lowest BCUT2D eigenvalue weighted by Gasteiger charge is -2.29. The zero-order valence-electron chi connectivity index (χ0n) is 12.5. The van der Waals surface area contributed by atoms with E-state index in [1.54, 1.807) is 0 Å². The average molecular weight is 299 g/mol. The number of hydrogen-bond acceptors (Lipinski definition) is 2. The van der Waals surface area contributed by atoms with Crippen molar-refractivity contribution in [2.75, 3.05) is 13.1 Å². The van der Waals surface area contributed by atoms with Crippen LogP contribution in [0.4, 0.5) is 13.2 Å². The molecule has 1 saturated heterocycles.